The third kappa shape index (κ3) is 2.54. The van der Waals surface area contributed by atoms with Crippen LogP contribution in [0.1, 0.15) is 34.0 Å². The highest BCUT2D eigenvalue weighted by Gasteiger charge is 2.34. The molecule has 7 heteroatoms. The molecule has 1 unspecified atom stereocenters. The zero-order valence-electron chi connectivity index (χ0n) is 13.1. The number of carbonyl (C=O) groups excluding carboxylic acids is 2. The van der Waals surface area contributed by atoms with Gasteiger partial charge in [-0.15, -0.1) is 0 Å². The second-order valence-corrected chi connectivity index (χ2v) is 5.35. The maximum absolute atomic E-state index is 12.9. The molecule has 7 nitrogen and oxygen atoms in total. The summed E-state index contributed by atoms with van der Waals surface area (Å²) in [4.78, 5) is 24.8. The SMILES string of the molecule is COc1ccc(C(=O)C2CC(=O)Nc3n[nH]c(C)c32)cc1OC. The first-order valence-electron chi connectivity index (χ1n) is 7.16. The van der Waals surface area contributed by atoms with Crippen LogP contribution < -0.4 is 14.8 Å². The van der Waals surface area contributed by atoms with Crippen molar-refractivity contribution in [3.63, 3.8) is 0 Å². The summed E-state index contributed by atoms with van der Waals surface area (Å²) < 4.78 is 10.4. The average Bonchev–Trinajstić information content (AvgIpc) is 2.93. The largest absolute Gasteiger partial charge is 0.493 e. The number of hydrogen-bond donors (Lipinski definition) is 2. The van der Waals surface area contributed by atoms with E-state index in [0.717, 1.165) is 11.3 Å². The molecule has 1 aromatic carbocycles. The van der Waals surface area contributed by atoms with E-state index in [0.29, 0.717) is 22.9 Å². The number of rotatable bonds is 4. The lowest BCUT2D eigenvalue weighted by molar-refractivity contribution is -0.116. The molecule has 23 heavy (non-hydrogen) atoms. The molecule has 0 aliphatic carbocycles. The smallest absolute Gasteiger partial charge is 0.226 e. The summed E-state index contributed by atoms with van der Waals surface area (Å²) >= 11 is 0. The lowest BCUT2D eigenvalue weighted by Gasteiger charge is -2.21. The van der Waals surface area contributed by atoms with Crippen molar-refractivity contribution in [3.05, 3.63) is 35.0 Å². The van der Waals surface area contributed by atoms with E-state index in [2.05, 4.69) is 15.5 Å². The first kappa shape index (κ1) is 15.1. The molecule has 3 rings (SSSR count). The first-order chi connectivity index (χ1) is 11.0. The predicted molar refractivity (Wildman–Crippen MR) is 83.2 cm³/mol. The van der Waals surface area contributed by atoms with Gasteiger partial charge in [-0.05, 0) is 25.1 Å². The van der Waals surface area contributed by atoms with E-state index in [9.17, 15) is 9.59 Å². The Kier molecular flexibility index (Phi) is 3.77. The molecule has 2 N–H and O–H groups in total. The first-order valence-corrected chi connectivity index (χ1v) is 7.16. The van der Waals surface area contributed by atoms with Crippen molar-refractivity contribution < 1.29 is 19.1 Å². The van der Waals surface area contributed by atoms with E-state index in [-0.39, 0.29) is 18.1 Å². The molecule has 1 aliphatic rings. The molecule has 2 heterocycles. The van der Waals surface area contributed by atoms with Crippen molar-refractivity contribution in [1.82, 2.24) is 10.2 Å². The summed E-state index contributed by atoms with van der Waals surface area (Å²) in [5, 5.41) is 9.54. The molecule has 0 saturated carbocycles. The molecule has 0 spiro atoms. The summed E-state index contributed by atoms with van der Waals surface area (Å²) in [6.45, 7) is 1.83. The molecule has 0 saturated heterocycles. The van der Waals surface area contributed by atoms with E-state index >= 15 is 0 Å². The second-order valence-electron chi connectivity index (χ2n) is 5.35. The van der Waals surface area contributed by atoms with Gasteiger partial charge in [0.15, 0.2) is 23.1 Å². The van der Waals surface area contributed by atoms with Gasteiger partial charge >= 0.3 is 0 Å². The van der Waals surface area contributed by atoms with Crippen molar-refractivity contribution in [2.75, 3.05) is 19.5 Å². The number of benzene rings is 1. The molecule has 1 amide bonds. The van der Waals surface area contributed by atoms with Crippen molar-refractivity contribution in [2.24, 2.45) is 0 Å². The number of carbonyl (C=O) groups is 2. The molecule has 0 fully saturated rings. The number of fused-ring (bicyclic) bond motifs is 1. The van der Waals surface area contributed by atoms with E-state index in [1.165, 1.54) is 14.2 Å². The van der Waals surface area contributed by atoms with E-state index in [4.69, 9.17) is 9.47 Å². The zero-order valence-corrected chi connectivity index (χ0v) is 13.1. The molecule has 120 valence electrons. The standard InChI is InChI=1S/C16H17N3O4/c1-8-14-10(7-13(20)17-16(14)19-18-8)15(21)9-4-5-11(22-2)12(6-9)23-3/h4-6,10H,7H2,1-3H3,(H2,17,18,19,20). The number of methoxy groups -OCH3 is 2. The molecule has 2 aromatic rings. The third-order valence-corrected chi connectivity index (χ3v) is 3.97. The van der Waals surface area contributed by atoms with Gasteiger partial charge in [-0.2, -0.15) is 5.10 Å². The Morgan fingerprint density at radius 3 is 2.70 bits per heavy atom. The van der Waals surface area contributed by atoms with Crippen molar-refractivity contribution in [3.8, 4) is 11.5 Å². The van der Waals surface area contributed by atoms with Crippen LogP contribution in [0, 0.1) is 6.92 Å². The second kappa shape index (κ2) is 5.75. The number of H-pyrrole nitrogens is 1. The number of nitrogens with zero attached hydrogens (tertiary/aromatic N) is 1. The van der Waals surface area contributed by atoms with Gasteiger partial charge in [0.05, 0.1) is 20.1 Å². The van der Waals surface area contributed by atoms with Gasteiger partial charge in [0.1, 0.15) is 0 Å². The number of aryl methyl sites for hydroxylation is 1. The number of ether oxygens (including phenoxy) is 2. The van der Waals surface area contributed by atoms with Crippen LogP contribution in [-0.4, -0.2) is 36.1 Å². The predicted octanol–water partition coefficient (Wildman–Crippen LogP) is 2.04. The maximum atomic E-state index is 12.9. The number of anilines is 1. The zero-order chi connectivity index (χ0) is 16.6. The maximum Gasteiger partial charge on any atom is 0.226 e. The number of aromatic amines is 1. The van der Waals surface area contributed by atoms with Gasteiger partial charge < -0.3 is 14.8 Å². The number of nitrogens with one attached hydrogen (secondary N) is 2. The van der Waals surface area contributed by atoms with Crippen LogP contribution in [0.5, 0.6) is 11.5 Å². The van der Waals surface area contributed by atoms with E-state index in [1.807, 2.05) is 6.92 Å². The van der Waals surface area contributed by atoms with Crippen LogP contribution in [0.25, 0.3) is 0 Å². The Morgan fingerprint density at radius 1 is 1.26 bits per heavy atom. The summed E-state index contributed by atoms with van der Waals surface area (Å²) in [6, 6.07) is 4.98. The van der Waals surface area contributed by atoms with Crippen LogP contribution >= 0.6 is 0 Å². The Hall–Kier alpha value is -2.83. The molecule has 0 radical (unpaired) electrons. The molecular weight excluding hydrogens is 298 g/mol. The number of ketones is 1. The monoisotopic (exact) mass is 315 g/mol. The summed E-state index contributed by atoms with van der Waals surface area (Å²) in [7, 11) is 3.05. The van der Waals surface area contributed by atoms with Crippen LogP contribution in [0.4, 0.5) is 5.82 Å². The summed E-state index contributed by atoms with van der Waals surface area (Å²) in [6.07, 6.45) is 0.0978. The number of Topliss-reactive ketones (excluding diaryl/α,β-unsaturated/α-hetero) is 1. The van der Waals surface area contributed by atoms with Crippen LogP contribution in [-0.2, 0) is 4.79 Å². The minimum absolute atomic E-state index is 0.0978. The van der Waals surface area contributed by atoms with Gasteiger partial charge in [-0.25, -0.2) is 0 Å². The third-order valence-electron chi connectivity index (χ3n) is 3.97. The van der Waals surface area contributed by atoms with Crippen molar-refractivity contribution >= 4 is 17.5 Å². The Balaban J connectivity index is 2.01. The highest BCUT2D eigenvalue weighted by atomic mass is 16.5. The Morgan fingerprint density at radius 2 is 2.00 bits per heavy atom. The molecule has 0 bridgehead atoms. The lowest BCUT2D eigenvalue weighted by Crippen LogP contribution is -2.27. The van der Waals surface area contributed by atoms with Crippen molar-refractivity contribution in [2.45, 2.75) is 19.3 Å². The fraction of sp³-hybridized carbons (Fsp3) is 0.312. The highest BCUT2D eigenvalue weighted by Crippen LogP contribution is 2.37. The summed E-state index contributed by atoms with van der Waals surface area (Å²) in [5.74, 6) is 0.524. The molecule has 1 atom stereocenters. The van der Waals surface area contributed by atoms with Gasteiger partial charge in [0.25, 0.3) is 0 Å². The topological polar surface area (TPSA) is 93.3 Å². The van der Waals surface area contributed by atoms with Crippen LogP contribution in [0.2, 0.25) is 0 Å². The lowest BCUT2D eigenvalue weighted by atomic mass is 9.85. The highest BCUT2D eigenvalue weighted by molar-refractivity contribution is 6.08. The van der Waals surface area contributed by atoms with E-state index in [1.54, 1.807) is 18.2 Å². The van der Waals surface area contributed by atoms with Crippen molar-refractivity contribution in [1.29, 1.82) is 0 Å². The average molecular weight is 315 g/mol. The number of hydrogen-bond acceptors (Lipinski definition) is 5. The van der Waals surface area contributed by atoms with Gasteiger partial charge in [0, 0.05) is 23.2 Å². The van der Waals surface area contributed by atoms with Crippen LogP contribution in [0.3, 0.4) is 0 Å². The molecule has 1 aromatic heterocycles. The van der Waals surface area contributed by atoms with Crippen LogP contribution in [0.15, 0.2) is 18.2 Å². The minimum Gasteiger partial charge on any atom is -0.493 e. The summed E-state index contributed by atoms with van der Waals surface area (Å²) in [5.41, 5.74) is 1.98. The molecular formula is C16H17N3O4. The van der Waals surface area contributed by atoms with Gasteiger partial charge in [-0.3, -0.25) is 14.7 Å². The van der Waals surface area contributed by atoms with Gasteiger partial charge in [-0.1, -0.05) is 0 Å². The number of amides is 1. The minimum atomic E-state index is -0.560. The molecule has 1 aliphatic heterocycles. The van der Waals surface area contributed by atoms with E-state index < -0.39 is 5.92 Å². The fourth-order valence-corrected chi connectivity index (χ4v) is 2.84. The number of aromatic nitrogens is 2. The Labute approximate surface area is 133 Å². The fourth-order valence-electron chi connectivity index (χ4n) is 2.84. The van der Waals surface area contributed by atoms with Gasteiger partial charge in [0.2, 0.25) is 5.91 Å². The normalized spacial score (nSPS) is 16.5. The Bertz CT molecular complexity index is 782. The quantitative estimate of drug-likeness (QED) is 0.842.